The first kappa shape index (κ1) is 17.9. The van der Waals surface area contributed by atoms with Crippen molar-refractivity contribution in [2.75, 3.05) is 6.61 Å². The summed E-state index contributed by atoms with van der Waals surface area (Å²) in [6, 6.07) is -0.871. The summed E-state index contributed by atoms with van der Waals surface area (Å²) in [5.74, 6) is -0.568. The molecule has 5 atom stereocenters. The molecule has 1 saturated heterocycles. The fourth-order valence-electron chi connectivity index (χ4n) is 2.06. The number of hydrogen-bond acceptors (Lipinski definition) is 6. The number of carbonyl (C=O) groups excluding carboxylic acids is 2. The van der Waals surface area contributed by atoms with E-state index in [1.54, 1.807) is 0 Å². The van der Waals surface area contributed by atoms with Gasteiger partial charge in [-0.1, -0.05) is 0 Å². The highest BCUT2D eigenvalue weighted by molar-refractivity contribution is 5.77. The molecule has 0 bridgehead atoms. The highest BCUT2D eigenvalue weighted by Gasteiger charge is 2.44. The Morgan fingerprint density at radius 2 is 1.74 bits per heavy atom. The van der Waals surface area contributed by atoms with E-state index in [0.717, 1.165) is 0 Å². The highest BCUT2D eigenvalue weighted by atomic mass is 16.5. The second-order valence-electron chi connectivity index (χ2n) is 4.51. The van der Waals surface area contributed by atoms with Gasteiger partial charge in [0.25, 0.3) is 0 Å². The first-order chi connectivity index (χ1) is 8.36. The lowest BCUT2D eigenvalue weighted by Gasteiger charge is -2.42. The van der Waals surface area contributed by atoms with Crippen molar-refractivity contribution in [2.24, 2.45) is 0 Å². The molecule has 0 unspecified atom stereocenters. The van der Waals surface area contributed by atoms with Crippen molar-refractivity contribution in [3.8, 4) is 0 Å². The quantitative estimate of drug-likeness (QED) is 0.434. The zero-order chi connectivity index (χ0) is 13.9. The number of carbonyl (C=O) groups is 2. The summed E-state index contributed by atoms with van der Waals surface area (Å²) >= 11 is 0. The molecule has 0 aromatic rings. The summed E-state index contributed by atoms with van der Waals surface area (Å²) in [7, 11) is 0. The van der Waals surface area contributed by atoms with E-state index < -0.39 is 43.0 Å². The van der Waals surface area contributed by atoms with Crippen LogP contribution >= 0.6 is 0 Å². The third-order valence-corrected chi connectivity index (χ3v) is 2.89. The van der Waals surface area contributed by atoms with Crippen LogP contribution in [-0.2, 0) is 14.3 Å². The van der Waals surface area contributed by atoms with Crippen molar-refractivity contribution in [1.29, 1.82) is 0 Å². The first-order valence-electron chi connectivity index (χ1n) is 5.75. The molecule has 1 rings (SSSR count). The van der Waals surface area contributed by atoms with Crippen LogP contribution in [0.25, 0.3) is 0 Å². The molecule has 1 aliphatic rings. The smallest absolute Gasteiger partial charge is 0.217 e. The summed E-state index contributed by atoms with van der Waals surface area (Å²) in [5, 5.41) is 31.1. The summed E-state index contributed by atoms with van der Waals surface area (Å²) in [6.07, 6.45) is -4.33. The van der Waals surface area contributed by atoms with Crippen molar-refractivity contribution < 1.29 is 35.1 Å². The second kappa shape index (κ2) is 7.51. The molecule has 1 fully saturated rings. The maximum Gasteiger partial charge on any atom is 0.217 e. The molecule has 0 aromatic carbocycles. The third kappa shape index (κ3) is 4.51. The van der Waals surface area contributed by atoms with Crippen LogP contribution in [0.4, 0.5) is 0 Å². The number of ether oxygens (including phenoxy) is 1. The van der Waals surface area contributed by atoms with Gasteiger partial charge in [0, 0.05) is 13.3 Å². The standard InChI is InChI=1S/C11H19NO6.H2O/c1-5(14)3-7-9(12-6(2)15)11(17)10(16)8(4-13)18-7;/h7-11,13,16-17H,3-4H2,1-2H3,(H,12,15);1H2/t7-,8+,9-,10+,11+;/m0./s1. The normalized spacial score (nSPS) is 34.3. The second-order valence-corrected chi connectivity index (χ2v) is 4.51. The van der Waals surface area contributed by atoms with E-state index in [1.807, 2.05) is 0 Å². The summed E-state index contributed by atoms with van der Waals surface area (Å²) in [5.41, 5.74) is 0. The number of ketones is 1. The van der Waals surface area contributed by atoms with E-state index in [2.05, 4.69) is 5.32 Å². The summed E-state index contributed by atoms with van der Waals surface area (Å²) in [6.45, 7) is 2.15. The van der Waals surface area contributed by atoms with Gasteiger partial charge in [-0.05, 0) is 6.92 Å². The number of aliphatic hydroxyl groups excluding tert-OH is 3. The number of nitrogens with one attached hydrogen (secondary N) is 1. The van der Waals surface area contributed by atoms with Gasteiger partial charge in [-0.2, -0.15) is 0 Å². The monoisotopic (exact) mass is 279 g/mol. The number of hydrogen-bond donors (Lipinski definition) is 4. The number of Topliss-reactive ketones (excluding diaryl/α,β-unsaturated/α-hetero) is 1. The predicted molar refractivity (Wildman–Crippen MR) is 64.3 cm³/mol. The lowest BCUT2D eigenvalue weighted by Crippen LogP contribution is -2.64. The average Bonchev–Trinajstić information content (AvgIpc) is 2.27. The van der Waals surface area contributed by atoms with Gasteiger partial charge in [-0.15, -0.1) is 0 Å². The molecule has 1 amide bonds. The van der Waals surface area contributed by atoms with E-state index >= 15 is 0 Å². The van der Waals surface area contributed by atoms with Gasteiger partial charge in [-0.25, -0.2) is 0 Å². The van der Waals surface area contributed by atoms with Crippen LogP contribution in [0.2, 0.25) is 0 Å². The van der Waals surface area contributed by atoms with Crippen LogP contribution in [0.15, 0.2) is 0 Å². The van der Waals surface area contributed by atoms with Gasteiger partial charge < -0.3 is 30.8 Å². The molecule has 6 N–H and O–H groups in total. The van der Waals surface area contributed by atoms with Crippen LogP contribution in [0.5, 0.6) is 0 Å². The molecule has 8 heteroatoms. The van der Waals surface area contributed by atoms with E-state index in [4.69, 9.17) is 9.84 Å². The SMILES string of the molecule is CC(=O)C[C@@H]1O[C@H](CO)[C@@H](O)[C@H](O)[C@H]1NC(C)=O.O. The van der Waals surface area contributed by atoms with E-state index in [0.29, 0.717) is 0 Å². The van der Waals surface area contributed by atoms with Gasteiger partial charge in [-0.3, -0.25) is 9.59 Å². The minimum Gasteiger partial charge on any atom is -0.412 e. The van der Waals surface area contributed by atoms with Crippen LogP contribution in [0.1, 0.15) is 20.3 Å². The van der Waals surface area contributed by atoms with Crippen LogP contribution < -0.4 is 5.32 Å². The van der Waals surface area contributed by atoms with Gasteiger partial charge >= 0.3 is 0 Å². The number of rotatable bonds is 4. The Bertz CT molecular complexity index is 322. The van der Waals surface area contributed by atoms with Crippen LogP contribution in [0.3, 0.4) is 0 Å². The van der Waals surface area contributed by atoms with Crippen molar-refractivity contribution in [3.05, 3.63) is 0 Å². The lowest BCUT2D eigenvalue weighted by atomic mass is 9.90. The van der Waals surface area contributed by atoms with Gasteiger partial charge in [0.1, 0.15) is 24.1 Å². The van der Waals surface area contributed by atoms with Gasteiger partial charge in [0.15, 0.2) is 0 Å². The molecular formula is C11H21NO7. The average molecular weight is 279 g/mol. The first-order valence-corrected chi connectivity index (χ1v) is 5.75. The van der Waals surface area contributed by atoms with Gasteiger partial charge in [0.2, 0.25) is 5.91 Å². The zero-order valence-corrected chi connectivity index (χ0v) is 10.9. The zero-order valence-electron chi connectivity index (χ0n) is 10.9. The Hall–Kier alpha value is -1.06. The molecule has 0 aromatic heterocycles. The van der Waals surface area contributed by atoms with Gasteiger partial charge in [0.05, 0.1) is 18.8 Å². The number of aliphatic hydroxyl groups is 3. The lowest BCUT2D eigenvalue weighted by molar-refractivity contribution is -0.196. The molecule has 0 saturated carbocycles. The van der Waals surface area contributed by atoms with E-state index in [-0.39, 0.29) is 17.7 Å². The topological polar surface area (TPSA) is 148 Å². The minimum atomic E-state index is -1.31. The fourth-order valence-corrected chi connectivity index (χ4v) is 2.06. The van der Waals surface area contributed by atoms with E-state index in [9.17, 15) is 19.8 Å². The third-order valence-electron chi connectivity index (χ3n) is 2.89. The summed E-state index contributed by atoms with van der Waals surface area (Å²) in [4.78, 5) is 22.2. The van der Waals surface area contributed by atoms with Crippen molar-refractivity contribution >= 4 is 11.7 Å². The van der Waals surface area contributed by atoms with E-state index in [1.165, 1.54) is 13.8 Å². The maximum atomic E-state index is 11.1. The molecule has 0 spiro atoms. The van der Waals surface area contributed by atoms with Crippen LogP contribution in [0, 0.1) is 0 Å². The maximum absolute atomic E-state index is 11.1. The van der Waals surface area contributed by atoms with Crippen LogP contribution in [-0.4, -0.2) is 69.6 Å². The molecule has 0 aliphatic carbocycles. The van der Waals surface area contributed by atoms with Crippen molar-refractivity contribution in [3.63, 3.8) is 0 Å². The Labute approximate surface area is 110 Å². The minimum absolute atomic E-state index is 0. The molecule has 0 radical (unpaired) electrons. The number of amides is 1. The highest BCUT2D eigenvalue weighted by Crippen LogP contribution is 2.23. The van der Waals surface area contributed by atoms with Crippen molar-refractivity contribution in [2.45, 2.75) is 50.7 Å². The molecule has 19 heavy (non-hydrogen) atoms. The largest absolute Gasteiger partial charge is 0.412 e. The Balaban J connectivity index is 0.00000324. The summed E-state index contributed by atoms with van der Waals surface area (Å²) < 4.78 is 5.35. The molecule has 8 nitrogen and oxygen atoms in total. The molecular weight excluding hydrogens is 258 g/mol. The van der Waals surface area contributed by atoms with Crippen molar-refractivity contribution in [1.82, 2.24) is 5.32 Å². The molecule has 112 valence electrons. The molecule has 1 heterocycles. The Morgan fingerprint density at radius 1 is 1.16 bits per heavy atom. The fraction of sp³-hybridized carbons (Fsp3) is 0.818. The predicted octanol–water partition coefficient (Wildman–Crippen LogP) is -2.87. The Morgan fingerprint density at radius 3 is 2.16 bits per heavy atom. The molecule has 1 aliphatic heterocycles. The Kier molecular flexibility index (Phi) is 7.09.